The monoisotopic (exact) mass is 279 g/mol. The van der Waals surface area contributed by atoms with Gasteiger partial charge in [-0.3, -0.25) is 0 Å². The van der Waals surface area contributed by atoms with Crippen molar-refractivity contribution < 1.29 is 22.1 Å². The van der Waals surface area contributed by atoms with Gasteiger partial charge >= 0.3 is 10.1 Å². The van der Waals surface area contributed by atoms with Gasteiger partial charge in [0.05, 0.1) is 30.0 Å². The second-order valence-corrected chi connectivity index (χ2v) is 6.42. The molecule has 0 unspecified atom stereocenters. The van der Waals surface area contributed by atoms with Crippen LogP contribution < -0.4 is 4.18 Å². The van der Waals surface area contributed by atoms with Crippen molar-refractivity contribution in [2.75, 3.05) is 19.0 Å². The van der Waals surface area contributed by atoms with E-state index in [1.54, 1.807) is 6.92 Å². The Hall–Kier alpha value is -0.700. The summed E-state index contributed by atoms with van der Waals surface area (Å²) in [6.45, 7) is 4.30. The van der Waals surface area contributed by atoms with Crippen molar-refractivity contribution in [3.8, 4) is 5.19 Å². The predicted octanol–water partition coefficient (Wildman–Crippen LogP) is 1.09. The van der Waals surface area contributed by atoms with E-state index in [0.717, 1.165) is 11.3 Å². The van der Waals surface area contributed by atoms with E-state index >= 15 is 0 Å². The topological polar surface area (TPSA) is 74.7 Å². The van der Waals surface area contributed by atoms with Crippen LogP contribution in [0.2, 0.25) is 0 Å². The first-order valence-electron chi connectivity index (χ1n) is 5.11. The van der Waals surface area contributed by atoms with Crippen LogP contribution in [0.1, 0.15) is 18.7 Å². The standard InChI is InChI=1S/C9H13NO5S2/c1-3-17(11,12)15-8-10-6-7(16-8)9(2)13-4-5-14-9/h6H,3-5H2,1-2H3. The number of ether oxygens (including phenoxy) is 2. The Kier molecular flexibility index (Phi) is 3.39. The number of aromatic nitrogens is 1. The number of hydrogen-bond donors (Lipinski definition) is 0. The van der Waals surface area contributed by atoms with Crippen LogP contribution in [0.4, 0.5) is 0 Å². The second kappa shape index (κ2) is 4.52. The molecule has 1 fully saturated rings. The molecule has 0 atom stereocenters. The van der Waals surface area contributed by atoms with Crippen molar-refractivity contribution in [2.45, 2.75) is 19.6 Å². The van der Waals surface area contributed by atoms with Gasteiger partial charge in [0.25, 0.3) is 5.19 Å². The third-order valence-corrected chi connectivity index (χ3v) is 4.61. The molecule has 8 heteroatoms. The Morgan fingerprint density at radius 3 is 2.76 bits per heavy atom. The molecule has 0 N–H and O–H groups in total. The maximum Gasteiger partial charge on any atom is 0.311 e. The lowest BCUT2D eigenvalue weighted by atomic mass is 10.3. The summed E-state index contributed by atoms with van der Waals surface area (Å²) in [6, 6.07) is 0. The molecule has 0 aromatic carbocycles. The van der Waals surface area contributed by atoms with E-state index in [-0.39, 0.29) is 10.9 Å². The molecular formula is C9H13NO5S2. The highest BCUT2D eigenvalue weighted by Gasteiger charge is 2.35. The minimum Gasteiger partial charge on any atom is -0.351 e. The van der Waals surface area contributed by atoms with E-state index in [0.29, 0.717) is 18.1 Å². The summed E-state index contributed by atoms with van der Waals surface area (Å²) in [5.41, 5.74) is 0. The molecular weight excluding hydrogens is 266 g/mol. The molecule has 0 saturated carbocycles. The van der Waals surface area contributed by atoms with Crippen LogP contribution in [-0.2, 0) is 25.4 Å². The molecule has 6 nitrogen and oxygen atoms in total. The molecule has 2 rings (SSSR count). The summed E-state index contributed by atoms with van der Waals surface area (Å²) in [5, 5.41) is 0.0853. The van der Waals surface area contributed by atoms with Crippen molar-refractivity contribution in [1.29, 1.82) is 0 Å². The van der Waals surface area contributed by atoms with Crippen LogP contribution >= 0.6 is 11.3 Å². The largest absolute Gasteiger partial charge is 0.351 e. The van der Waals surface area contributed by atoms with Crippen molar-refractivity contribution in [3.05, 3.63) is 11.1 Å². The van der Waals surface area contributed by atoms with Crippen LogP contribution in [0.3, 0.4) is 0 Å². The maximum atomic E-state index is 11.3. The van der Waals surface area contributed by atoms with Crippen molar-refractivity contribution >= 4 is 21.5 Å². The molecule has 2 heterocycles. The van der Waals surface area contributed by atoms with Gasteiger partial charge in [0.2, 0.25) is 5.79 Å². The van der Waals surface area contributed by atoms with Gasteiger partial charge < -0.3 is 13.7 Å². The Labute approximate surface area is 104 Å². The molecule has 1 saturated heterocycles. The average Bonchev–Trinajstić information content (AvgIpc) is 2.88. The highest BCUT2D eigenvalue weighted by molar-refractivity contribution is 7.87. The van der Waals surface area contributed by atoms with Crippen molar-refractivity contribution in [2.24, 2.45) is 0 Å². The summed E-state index contributed by atoms with van der Waals surface area (Å²) in [5.74, 6) is -0.929. The predicted molar refractivity (Wildman–Crippen MR) is 61.5 cm³/mol. The van der Waals surface area contributed by atoms with Crippen molar-refractivity contribution in [3.63, 3.8) is 0 Å². The molecule has 0 bridgehead atoms. The molecule has 0 spiro atoms. The molecule has 0 amide bonds. The molecule has 17 heavy (non-hydrogen) atoms. The van der Waals surface area contributed by atoms with Crippen LogP contribution in [-0.4, -0.2) is 32.4 Å². The zero-order chi connectivity index (χ0) is 12.5. The highest BCUT2D eigenvalue weighted by Crippen LogP contribution is 2.36. The third-order valence-electron chi connectivity index (χ3n) is 2.32. The van der Waals surface area contributed by atoms with Gasteiger partial charge in [0, 0.05) is 0 Å². The van der Waals surface area contributed by atoms with E-state index in [1.165, 1.54) is 13.1 Å². The van der Waals surface area contributed by atoms with Crippen LogP contribution in [0, 0.1) is 0 Å². The Morgan fingerprint density at radius 2 is 2.18 bits per heavy atom. The normalized spacial score (nSPS) is 19.4. The quantitative estimate of drug-likeness (QED) is 0.768. The van der Waals surface area contributed by atoms with E-state index in [9.17, 15) is 8.42 Å². The summed E-state index contributed by atoms with van der Waals surface area (Å²) in [7, 11) is -3.54. The van der Waals surface area contributed by atoms with Crippen LogP contribution in [0.25, 0.3) is 0 Å². The lowest BCUT2D eigenvalue weighted by Gasteiger charge is -2.19. The lowest BCUT2D eigenvalue weighted by molar-refractivity contribution is -0.147. The molecule has 96 valence electrons. The van der Waals surface area contributed by atoms with E-state index in [4.69, 9.17) is 13.7 Å². The molecule has 1 aromatic rings. The number of nitrogens with zero attached hydrogens (tertiary/aromatic N) is 1. The molecule has 0 radical (unpaired) electrons. The minimum atomic E-state index is -3.54. The van der Waals surface area contributed by atoms with Gasteiger partial charge in [-0.2, -0.15) is 8.42 Å². The van der Waals surface area contributed by atoms with Gasteiger partial charge in [-0.25, -0.2) is 4.98 Å². The molecule has 1 aromatic heterocycles. The van der Waals surface area contributed by atoms with Gasteiger partial charge in [-0.05, 0) is 13.8 Å². The first kappa shape index (κ1) is 12.7. The zero-order valence-corrected chi connectivity index (χ0v) is 11.1. The molecule has 0 aliphatic carbocycles. The van der Waals surface area contributed by atoms with E-state index in [2.05, 4.69) is 4.98 Å². The zero-order valence-electron chi connectivity index (χ0n) is 9.50. The second-order valence-electron chi connectivity index (χ2n) is 3.56. The number of hydrogen-bond acceptors (Lipinski definition) is 7. The highest BCUT2D eigenvalue weighted by atomic mass is 32.2. The Morgan fingerprint density at radius 1 is 1.53 bits per heavy atom. The van der Waals surface area contributed by atoms with Gasteiger partial charge in [-0.15, -0.1) is 0 Å². The van der Waals surface area contributed by atoms with Crippen molar-refractivity contribution in [1.82, 2.24) is 4.98 Å². The smallest absolute Gasteiger partial charge is 0.311 e. The fourth-order valence-corrected chi connectivity index (χ4v) is 2.86. The number of thiazole rings is 1. The average molecular weight is 279 g/mol. The minimum absolute atomic E-state index is 0.0853. The fourth-order valence-electron chi connectivity index (χ4n) is 1.33. The van der Waals surface area contributed by atoms with Gasteiger partial charge in [0.15, 0.2) is 0 Å². The van der Waals surface area contributed by atoms with Gasteiger partial charge in [0.1, 0.15) is 0 Å². The third kappa shape index (κ3) is 2.76. The molecule has 1 aliphatic rings. The molecule has 1 aliphatic heterocycles. The Bertz CT molecular complexity index is 489. The summed E-state index contributed by atoms with van der Waals surface area (Å²) < 4.78 is 38.2. The Balaban J connectivity index is 2.16. The van der Waals surface area contributed by atoms with E-state index < -0.39 is 15.9 Å². The van der Waals surface area contributed by atoms with E-state index in [1.807, 2.05) is 0 Å². The summed E-state index contributed by atoms with van der Waals surface area (Å²) >= 11 is 1.11. The number of rotatable bonds is 4. The first-order valence-corrected chi connectivity index (χ1v) is 7.51. The summed E-state index contributed by atoms with van der Waals surface area (Å²) in [6.07, 6.45) is 1.51. The lowest BCUT2D eigenvalue weighted by Crippen LogP contribution is -2.20. The fraction of sp³-hybridized carbons (Fsp3) is 0.667. The van der Waals surface area contributed by atoms with Crippen LogP contribution in [0.15, 0.2) is 6.20 Å². The SMILES string of the molecule is CCS(=O)(=O)Oc1ncc(C2(C)OCCO2)s1. The maximum absolute atomic E-state index is 11.3. The first-order chi connectivity index (χ1) is 7.95. The van der Waals surface area contributed by atoms with Gasteiger partial charge in [-0.1, -0.05) is 11.3 Å². The van der Waals surface area contributed by atoms with Crippen LogP contribution in [0.5, 0.6) is 5.19 Å². The summed E-state index contributed by atoms with van der Waals surface area (Å²) in [4.78, 5) is 4.59.